The number of anilines is 1. The second-order valence-electron chi connectivity index (χ2n) is 5.67. The minimum atomic E-state index is -0.197. The molecular formula is C20H16N2O3S. The van der Waals surface area contributed by atoms with Crippen LogP contribution in [-0.2, 0) is 0 Å². The van der Waals surface area contributed by atoms with E-state index in [0.717, 1.165) is 10.6 Å². The Kier molecular flexibility index (Phi) is 4.18. The number of nitrogens with two attached hydrogens (primary N) is 1. The molecular weight excluding hydrogens is 348 g/mol. The van der Waals surface area contributed by atoms with Crippen molar-refractivity contribution in [3.05, 3.63) is 64.1 Å². The Labute approximate surface area is 153 Å². The van der Waals surface area contributed by atoms with Crippen LogP contribution in [-0.4, -0.2) is 11.6 Å². The van der Waals surface area contributed by atoms with Gasteiger partial charge in [0, 0.05) is 17.0 Å². The Morgan fingerprint density at radius 2 is 2.00 bits per heavy atom. The van der Waals surface area contributed by atoms with Crippen molar-refractivity contribution in [1.82, 2.24) is 4.98 Å². The number of rotatable bonds is 4. The number of thiazole rings is 1. The first-order chi connectivity index (χ1) is 12.7. The van der Waals surface area contributed by atoms with E-state index in [2.05, 4.69) is 4.98 Å². The zero-order chi connectivity index (χ0) is 18.1. The summed E-state index contributed by atoms with van der Waals surface area (Å²) >= 11 is 1.46. The topological polar surface area (TPSA) is 78.3 Å². The van der Waals surface area contributed by atoms with Crippen molar-refractivity contribution in [3.8, 4) is 27.6 Å². The summed E-state index contributed by atoms with van der Waals surface area (Å²) in [5.41, 5.74) is 8.06. The lowest BCUT2D eigenvalue weighted by Gasteiger charge is -2.07. The molecule has 0 unspecified atom stereocenters. The molecule has 2 heterocycles. The van der Waals surface area contributed by atoms with E-state index in [1.807, 2.05) is 42.6 Å². The van der Waals surface area contributed by atoms with Crippen molar-refractivity contribution in [3.63, 3.8) is 0 Å². The zero-order valence-corrected chi connectivity index (χ0v) is 14.9. The van der Waals surface area contributed by atoms with Crippen molar-refractivity contribution < 1.29 is 9.15 Å². The summed E-state index contributed by atoms with van der Waals surface area (Å²) < 4.78 is 11.1. The van der Waals surface area contributed by atoms with E-state index in [0.29, 0.717) is 34.6 Å². The van der Waals surface area contributed by atoms with Crippen LogP contribution in [0.5, 0.6) is 5.75 Å². The van der Waals surface area contributed by atoms with Crippen LogP contribution < -0.4 is 15.9 Å². The Hall–Kier alpha value is -3.12. The first-order valence-corrected chi connectivity index (χ1v) is 9.06. The summed E-state index contributed by atoms with van der Waals surface area (Å²) in [5.74, 6) is 0.691. The Morgan fingerprint density at radius 3 is 2.77 bits per heavy atom. The van der Waals surface area contributed by atoms with E-state index >= 15 is 0 Å². The van der Waals surface area contributed by atoms with Gasteiger partial charge in [0.1, 0.15) is 21.9 Å². The zero-order valence-electron chi connectivity index (χ0n) is 14.1. The number of benzene rings is 2. The van der Waals surface area contributed by atoms with Gasteiger partial charge in [0.2, 0.25) is 11.3 Å². The largest absolute Gasteiger partial charge is 0.494 e. The van der Waals surface area contributed by atoms with Crippen LogP contribution in [0.25, 0.3) is 32.8 Å². The normalized spacial score (nSPS) is 11.0. The first kappa shape index (κ1) is 16.4. The average Bonchev–Trinajstić information content (AvgIpc) is 3.12. The van der Waals surface area contributed by atoms with Crippen molar-refractivity contribution in [1.29, 1.82) is 0 Å². The summed E-state index contributed by atoms with van der Waals surface area (Å²) in [6, 6.07) is 14.9. The third-order valence-electron chi connectivity index (χ3n) is 3.98. The highest BCUT2D eigenvalue weighted by atomic mass is 32.1. The first-order valence-electron chi connectivity index (χ1n) is 8.18. The van der Waals surface area contributed by atoms with Crippen molar-refractivity contribution in [2.24, 2.45) is 0 Å². The third-order valence-corrected chi connectivity index (χ3v) is 4.87. The molecule has 5 nitrogen and oxygen atoms in total. The van der Waals surface area contributed by atoms with E-state index in [1.54, 1.807) is 18.2 Å². The lowest BCUT2D eigenvalue weighted by molar-refractivity contribution is 0.340. The predicted octanol–water partition coefficient (Wildman–Crippen LogP) is 4.56. The maximum absolute atomic E-state index is 12.9. The van der Waals surface area contributed by atoms with Crippen molar-refractivity contribution >= 4 is 28.2 Å². The Bertz CT molecular complexity index is 1130. The number of aromatic nitrogens is 1. The maximum Gasteiger partial charge on any atom is 0.204 e. The summed E-state index contributed by atoms with van der Waals surface area (Å²) in [6.07, 6.45) is 0. The van der Waals surface area contributed by atoms with Gasteiger partial charge in [-0.2, -0.15) is 0 Å². The fraction of sp³-hybridized carbons (Fsp3) is 0.100. The van der Waals surface area contributed by atoms with Gasteiger partial charge in [-0.1, -0.05) is 30.3 Å². The highest BCUT2D eigenvalue weighted by molar-refractivity contribution is 7.13. The molecule has 0 aliphatic carbocycles. The van der Waals surface area contributed by atoms with Gasteiger partial charge in [0.25, 0.3) is 0 Å². The van der Waals surface area contributed by atoms with Crippen LogP contribution in [0, 0.1) is 0 Å². The molecule has 4 aromatic rings. The number of ether oxygens (including phenoxy) is 1. The molecule has 2 N–H and O–H groups in total. The SMILES string of the molecule is CCOc1ccc2c(=O)c(-c3csc(-c4ccccc4)n3)c(N)oc2c1. The van der Waals surface area contributed by atoms with Gasteiger partial charge in [-0.25, -0.2) is 4.98 Å². The molecule has 0 spiro atoms. The van der Waals surface area contributed by atoms with Crippen LogP contribution in [0.4, 0.5) is 5.88 Å². The van der Waals surface area contributed by atoms with E-state index in [-0.39, 0.29) is 11.3 Å². The lowest BCUT2D eigenvalue weighted by Crippen LogP contribution is -2.09. The predicted molar refractivity (Wildman–Crippen MR) is 105 cm³/mol. The highest BCUT2D eigenvalue weighted by Crippen LogP contribution is 2.32. The fourth-order valence-corrected chi connectivity index (χ4v) is 3.61. The summed E-state index contributed by atoms with van der Waals surface area (Å²) in [6.45, 7) is 2.43. The standard InChI is InChI=1S/C20H16N2O3S/c1-2-24-13-8-9-14-16(10-13)25-19(21)17(18(14)23)15-11-26-20(22-15)12-6-4-3-5-7-12/h3-11H,2,21H2,1H3. The quantitative estimate of drug-likeness (QED) is 0.574. The van der Waals surface area contributed by atoms with E-state index < -0.39 is 0 Å². The molecule has 0 fully saturated rings. The van der Waals surface area contributed by atoms with Crippen molar-refractivity contribution in [2.75, 3.05) is 12.3 Å². The minimum Gasteiger partial charge on any atom is -0.494 e. The van der Waals surface area contributed by atoms with Crippen LogP contribution in [0.2, 0.25) is 0 Å². The number of hydrogen-bond acceptors (Lipinski definition) is 6. The molecule has 0 aliphatic heterocycles. The smallest absolute Gasteiger partial charge is 0.204 e. The maximum atomic E-state index is 12.9. The fourth-order valence-electron chi connectivity index (χ4n) is 2.79. The van der Waals surface area contributed by atoms with Crippen LogP contribution >= 0.6 is 11.3 Å². The molecule has 0 radical (unpaired) electrons. The molecule has 4 rings (SSSR count). The van der Waals surface area contributed by atoms with Gasteiger partial charge >= 0.3 is 0 Å². The summed E-state index contributed by atoms with van der Waals surface area (Å²) in [5, 5.41) is 3.10. The molecule has 0 atom stereocenters. The molecule has 0 saturated heterocycles. The van der Waals surface area contributed by atoms with E-state index in [9.17, 15) is 4.79 Å². The van der Waals surface area contributed by atoms with Gasteiger partial charge in [-0.15, -0.1) is 11.3 Å². The minimum absolute atomic E-state index is 0.0565. The van der Waals surface area contributed by atoms with E-state index in [1.165, 1.54) is 11.3 Å². The molecule has 0 saturated carbocycles. The molecule has 0 amide bonds. The number of nitrogens with zero attached hydrogens (tertiary/aromatic N) is 1. The monoisotopic (exact) mass is 364 g/mol. The molecule has 0 aliphatic rings. The summed E-state index contributed by atoms with van der Waals surface area (Å²) in [7, 11) is 0. The molecule has 130 valence electrons. The van der Waals surface area contributed by atoms with Crippen molar-refractivity contribution in [2.45, 2.75) is 6.92 Å². The number of fused-ring (bicyclic) bond motifs is 1. The molecule has 6 heteroatoms. The molecule has 2 aromatic carbocycles. The van der Waals surface area contributed by atoms with E-state index in [4.69, 9.17) is 14.9 Å². The van der Waals surface area contributed by atoms with Crippen LogP contribution in [0.15, 0.2) is 63.1 Å². The third kappa shape index (κ3) is 2.84. The van der Waals surface area contributed by atoms with Gasteiger partial charge in [-0.3, -0.25) is 4.79 Å². The van der Waals surface area contributed by atoms with Gasteiger partial charge in [0.15, 0.2) is 0 Å². The lowest BCUT2D eigenvalue weighted by atomic mass is 10.1. The molecule has 2 aromatic heterocycles. The average molecular weight is 364 g/mol. The highest BCUT2D eigenvalue weighted by Gasteiger charge is 2.18. The second kappa shape index (κ2) is 6.65. The Morgan fingerprint density at radius 1 is 1.19 bits per heavy atom. The Balaban J connectivity index is 1.83. The van der Waals surface area contributed by atoms with Crippen LogP contribution in [0.1, 0.15) is 6.92 Å². The number of hydrogen-bond donors (Lipinski definition) is 1. The van der Waals surface area contributed by atoms with Gasteiger partial charge < -0.3 is 14.9 Å². The van der Waals surface area contributed by atoms with Gasteiger partial charge in [0.05, 0.1) is 17.7 Å². The summed E-state index contributed by atoms with van der Waals surface area (Å²) in [4.78, 5) is 17.5. The second-order valence-corrected chi connectivity index (χ2v) is 6.52. The number of nitrogen functional groups attached to an aromatic ring is 1. The van der Waals surface area contributed by atoms with Gasteiger partial charge in [-0.05, 0) is 19.1 Å². The van der Waals surface area contributed by atoms with Crippen LogP contribution in [0.3, 0.4) is 0 Å². The molecule has 26 heavy (non-hydrogen) atoms. The molecule has 0 bridgehead atoms.